The zero-order valence-corrected chi connectivity index (χ0v) is 16.6. The van der Waals surface area contributed by atoms with Crippen LogP contribution in [0.3, 0.4) is 0 Å². The number of amides is 1. The standard InChI is InChI=1S/C21H19ClFN3O3/c1-3-26(4-2)20(27)14-11-24-19(12-7-5-9-15(22)17(12)14)25-16-10-6-8-13(18(16)23)21(28)29/h5-11H,3-4H2,1-2H3,(H,24,25)(H,28,29). The van der Waals surface area contributed by atoms with Crippen molar-refractivity contribution < 1.29 is 19.1 Å². The van der Waals surface area contributed by atoms with Crippen molar-refractivity contribution in [3.8, 4) is 0 Å². The molecule has 0 fully saturated rings. The molecule has 3 aromatic rings. The predicted octanol–water partition coefficient (Wildman–Crippen LogP) is 4.95. The number of nitrogens with zero attached hydrogens (tertiary/aromatic N) is 2. The summed E-state index contributed by atoms with van der Waals surface area (Å²) in [5.74, 6) is -2.21. The number of carboxylic acid groups (broad SMARTS) is 1. The van der Waals surface area contributed by atoms with Crippen LogP contribution in [0.2, 0.25) is 5.02 Å². The maximum absolute atomic E-state index is 14.5. The van der Waals surface area contributed by atoms with Crippen LogP contribution in [0.4, 0.5) is 15.9 Å². The molecule has 29 heavy (non-hydrogen) atoms. The fraction of sp³-hybridized carbons (Fsp3) is 0.190. The molecule has 2 aromatic carbocycles. The number of hydrogen-bond donors (Lipinski definition) is 2. The Morgan fingerprint density at radius 2 is 1.83 bits per heavy atom. The van der Waals surface area contributed by atoms with E-state index in [0.29, 0.717) is 34.4 Å². The van der Waals surface area contributed by atoms with E-state index in [-0.39, 0.29) is 17.4 Å². The van der Waals surface area contributed by atoms with E-state index in [9.17, 15) is 14.0 Å². The van der Waals surface area contributed by atoms with Crippen molar-refractivity contribution in [1.82, 2.24) is 9.88 Å². The molecule has 1 aromatic heterocycles. The molecule has 0 aliphatic heterocycles. The first-order valence-corrected chi connectivity index (χ1v) is 9.42. The number of aromatic carboxylic acids is 1. The number of nitrogens with one attached hydrogen (secondary N) is 1. The van der Waals surface area contributed by atoms with Crippen molar-refractivity contribution in [2.45, 2.75) is 13.8 Å². The molecule has 0 atom stereocenters. The first kappa shape index (κ1) is 20.5. The lowest BCUT2D eigenvalue weighted by atomic mass is 10.1. The maximum Gasteiger partial charge on any atom is 0.338 e. The van der Waals surface area contributed by atoms with E-state index >= 15 is 0 Å². The zero-order chi connectivity index (χ0) is 21.1. The third kappa shape index (κ3) is 3.86. The Hall–Kier alpha value is -3.19. The molecule has 0 radical (unpaired) electrons. The van der Waals surface area contributed by atoms with E-state index in [2.05, 4.69) is 10.3 Å². The lowest BCUT2D eigenvalue weighted by Crippen LogP contribution is -2.30. The summed E-state index contributed by atoms with van der Waals surface area (Å²) in [6, 6.07) is 9.11. The lowest BCUT2D eigenvalue weighted by Gasteiger charge is -2.20. The summed E-state index contributed by atoms with van der Waals surface area (Å²) in [7, 11) is 0. The highest BCUT2D eigenvalue weighted by molar-refractivity contribution is 6.37. The van der Waals surface area contributed by atoms with Crippen LogP contribution in [0.25, 0.3) is 10.8 Å². The lowest BCUT2D eigenvalue weighted by molar-refractivity contribution is 0.0691. The van der Waals surface area contributed by atoms with Crippen LogP contribution in [0.1, 0.15) is 34.6 Å². The van der Waals surface area contributed by atoms with Gasteiger partial charge in [-0.3, -0.25) is 4.79 Å². The zero-order valence-electron chi connectivity index (χ0n) is 15.9. The van der Waals surface area contributed by atoms with Crippen molar-refractivity contribution >= 4 is 45.8 Å². The minimum atomic E-state index is -1.37. The molecule has 0 saturated heterocycles. The van der Waals surface area contributed by atoms with Gasteiger partial charge in [-0.2, -0.15) is 0 Å². The van der Waals surface area contributed by atoms with Crippen LogP contribution in [0.15, 0.2) is 42.6 Å². The predicted molar refractivity (Wildman–Crippen MR) is 111 cm³/mol. The molecule has 0 saturated carbocycles. The second-order valence-electron chi connectivity index (χ2n) is 6.26. The molecular weight excluding hydrogens is 397 g/mol. The monoisotopic (exact) mass is 415 g/mol. The number of halogens is 2. The van der Waals surface area contributed by atoms with Gasteiger partial charge >= 0.3 is 5.97 Å². The number of anilines is 2. The average molecular weight is 416 g/mol. The minimum absolute atomic E-state index is 0.0403. The first-order valence-electron chi connectivity index (χ1n) is 9.04. The molecule has 0 unspecified atom stereocenters. The Kier molecular flexibility index (Phi) is 5.98. The Balaban J connectivity index is 2.14. The van der Waals surface area contributed by atoms with Crippen molar-refractivity contribution in [2.75, 3.05) is 18.4 Å². The van der Waals surface area contributed by atoms with Gasteiger partial charge in [0.2, 0.25) is 0 Å². The molecule has 3 rings (SSSR count). The second kappa shape index (κ2) is 8.45. The van der Waals surface area contributed by atoms with E-state index in [4.69, 9.17) is 16.7 Å². The molecule has 8 heteroatoms. The third-order valence-electron chi connectivity index (χ3n) is 4.62. The number of rotatable bonds is 6. The summed E-state index contributed by atoms with van der Waals surface area (Å²) in [5.41, 5.74) is -0.147. The quantitative estimate of drug-likeness (QED) is 0.595. The molecule has 1 amide bonds. The number of fused-ring (bicyclic) bond motifs is 1. The van der Waals surface area contributed by atoms with Crippen molar-refractivity contribution in [1.29, 1.82) is 0 Å². The summed E-state index contributed by atoms with van der Waals surface area (Å²) in [6.45, 7) is 4.84. The molecule has 0 spiro atoms. The summed E-state index contributed by atoms with van der Waals surface area (Å²) in [6.07, 6.45) is 1.40. The summed E-state index contributed by atoms with van der Waals surface area (Å²) in [5, 5.41) is 13.3. The van der Waals surface area contributed by atoms with Gasteiger partial charge in [-0.1, -0.05) is 29.8 Å². The molecule has 1 heterocycles. The minimum Gasteiger partial charge on any atom is -0.478 e. The van der Waals surface area contributed by atoms with E-state index < -0.39 is 17.3 Å². The smallest absolute Gasteiger partial charge is 0.338 e. The van der Waals surface area contributed by atoms with Crippen molar-refractivity contribution in [2.24, 2.45) is 0 Å². The first-order chi connectivity index (χ1) is 13.9. The van der Waals surface area contributed by atoms with Crippen molar-refractivity contribution in [3.63, 3.8) is 0 Å². The number of pyridine rings is 1. The fourth-order valence-electron chi connectivity index (χ4n) is 3.12. The topological polar surface area (TPSA) is 82.5 Å². The van der Waals surface area contributed by atoms with E-state index in [0.717, 1.165) is 0 Å². The number of carbonyl (C=O) groups excluding carboxylic acids is 1. The Labute approximate surface area is 171 Å². The van der Waals surface area contributed by atoms with Crippen LogP contribution in [0, 0.1) is 5.82 Å². The van der Waals surface area contributed by atoms with Gasteiger partial charge in [-0.25, -0.2) is 14.2 Å². The van der Waals surface area contributed by atoms with Gasteiger partial charge in [0, 0.05) is 35.1 Å². The highest BCUT2D eigenvalue weighted by Gasteiger charge is 2.21. The number of carboxylic acids is 1. The van der Waals surface area contributed by atoms with Gasteiger partial charge in [0.05, 0.1) is 16.8 Å². The van der Waals surface area contributed by atoms with Gasteiger partial charge < -0.3 is 15.3 Å². The molecular formula is C21H19ClFN3O3. The van der Waals surface area contributed by atoms with Crippen LogP contribution < -0.4 is 5.32 Å². The largest absolute Gasteiger partial charge is 0.478 e. The fourth-order valence-corrected chi connectivity index (χ4v) is 3.40. The Morgan fingerprint density at radius 1 is 1.14 bits per heavy atom. The highest BCUT2D eigenvalue weighted by atomic mass is 35.5. The van der Waals surface area contributed by atoms with Gasteiger partial charge in [-0.05, 0) is 32.0 Å². The van der Waals surface area contributed by atoms with Crippen LogP contribution >= 0.6 is 11.6 Å². The Bertz CT molecular complexity index is 1100. The average Bonchev–Trinajstić information content (AvgIpc) is 2.70. The van der Waals surface area contributed by atoms with E-state index in [1.807, 2.05) is 13.8 Å². The number of benzene rings is 2. The molecule has 150 valence electrons. The van der Waals surface area contributed by atoms with Gasteiger partial charge in [0.25, 0.3) is 5.91 Å². The molecule has 0 bridgehead atoms. The van der Waals surface area contributed by atoms with Gasteiger partial charge in [-0.15, -0.1) is 0 Å². The molecule has 2 N–H and O–H groups in total. The number of aromatic nitrogens is 1. The maximum atomic E-state index is 14.5. The number of hydrogen-bond acceptors (Lipinski definition) is 4. The summed E-state index contributed by atoms with van der Waals surface area (Å²) >= 11 is 6.39. The summed E-state index contributed by atoms with van der Waals surface area (Å²) in [4.78, 5) is 30.0. The molecule has 0 aliphatic carbocycles. The second-order valence-corrected chi connectivity index (χ2v) is 6.66. The van der Waals surface area contributed by atoms with Crippen molar-refractivity contribution in [3.05, 3.63) is 64.6 Å². The molecule has 0 aliphatic rings. The normalized spacial score (nSPS) is 10.8. The highest BCUT2D eigenvalue weighted by Crippen LogP contribution is 2.33. The van der Waals surface area contributed by atoms with E-state index in [1.54, 1.807) is 23.1 Å². The molecule has 6 nitrogen and oxygen atoms in total. The van der Waals surface area contributed by atoms with Crippen LogP contribution in [0.5, 0.6) is 0 Å². The van der Waals surface area contributed by atoms with Gasteiger partial charge in [0.1, 0.15) is 5.82 Å². The van der Waals surface area contributed by atoms with Gasteiger partial charge in [0.15, 0.2) is 5.82 Å². The van der Waals surface area contributed by atoms with Crippen LogP contribution in [-0.4, -0.2) is 40.0 Å². The SMILES string of the molecule is CCN(CC)C(=O)c1cnc(Nc2cccc(C(=O)O)c2F)c2cccc(Cl)c12. The van der Waals surface area contributed by atoms with Crippen LogP contribution in [-0.2, 0) is 0 Å². The Morgan fingerprint density at radius 3 is 2.48 bits per heavy atom. The third-order valence-corrected chi connectivity index (χ3v) is 4.94. The number of carbonyl (C=O) groups is 2. The summed E-state index contributed by atoms with van der Waals surface area (Å²) < 4.78 is 14.5. The van der Waals surface area contributed by atoms with E-state index in [1.165, 1.54) is 24.4 Å².